The van der Waals surface area contributed by atoms with Crippen molar-refractivity contribution in [1.82, 2.24) is 14.8 Å². The maximum Gasteiger partial charge on any atom is 0.408 e. The van der Waals surface area contributed by atoms with E-state index < -0.39 is 17.2 Å². The van der Waals surface area contributed by atoms with Crippen LogP contribution in [-0.4, -0.2) is 44.6 Å². The number of nitrogens with zero attached hydrogens (tertiary/aromatic N) is 3. The smallest absolute Gasteiger partial charge is 0.408 e. The molecule has 0 radical (unpaired) electrons. The lowest BCUT2D eigenvalue weighted by Crippen LogP contribution is -2.60. The largest absolute Gasteiger partial charge is 0.465 e. The summed E-state index contributed by atoms with van der Waals surface area (Å²) >= 11 is 0. The molecule has 3 aromatic rings. The van der Waals surface area contributed by atoms with Gasteiger partial charge in [-0.1, -0.05) is 61.5 Å². The van der Waals surface area contributed by atoms with Crippen molar-refractivity contribution < 1.29 is 9.90 Å². The standard InChI is InChI=1S/C31H37N3O2/c1-5-33-19-16-27-24(21-33)20-26(22-10-7-6-8-11-22)28(32-27)23-12-14-25(15-13-23)31(17-9-18-31)34(29(35)36)30(2,3)4/h6-8,10-15,20H,5,9,16-19,21H2,1-4H3,(H,35,36). The Labute approximate surface area is 214 Å². The highest BCUT2D eigenvalue weighted by Crippen LogP contribution is 2.49. The lowest BCUT2D eigenvalue weighted by Gasteiger charge is -2.54. The summed E-state index contributed by atoms with van der Waals surface area (Å²) in [6, 6.07) is 21.4. The quantitative estimate of drug-likeness (QED) is 0.427. The van der Waals surface area contributed by atoms with E-state index in [-0.39, 0.29) is 0 Å². The van der Waals surface area contributed by atoms with Crippen molar-refractivity contribution in [3.63, 3.8) is 0 Å². The van der Waals surface area contributed by atoms with Crippen molar-refractivity contribution in [3.8, 4) is 22.4 Å². The normalized spacial score (nSPS) is 17.2. The van der Waals surface area contributed by atoms with Crippen LogP contribution in [0.4, 0.5) is 4.79 Å². The molecule has 5 nitrogen and oxygen atoms in total. The first-order valence-corrected chi connectivity index (χ1v) is 13.2. The minimum Gasteiger partial charge on any atom is -0.465 e. The van der Waals surface area contributed by atoms with E-state index in [0.717, 1.165) is 67.7 Å². The number of fused-ring (bicyclic) bond motifs is 1. The molecular formula is C31H37N3O2. The van der Waals surface area contributed by atoms with Gasteiger partial charge in [0.15, 0.2) is 0 Å². The number of hydrogen-bond acceptors (Lipinski definition) is 3. The van der Waals surface area contributed by atoms with Crippen LogP contribution in [-0.2, 0) is 18.5 Å². The Bertz CT molecular complexity index is 1240. The molecule has 1 saturated carbocycles. The lowest BCUT2D eigenvalue weighted by atomic mass is 9.69. The summed E-state index contributed by atoms with van der Waals surface area (Å²) in [6.07, 6.45) is 2.87. The number of benzene rings is 2. The van der Waals surface area contributed by atoms with Crippen molar-refractivity contribution in [2.75, 3.05) is 13.1 Å². The van der Waals surface area contributed by atoms with E-state index in [1.165, 1.54) is 16.8 Å². The third-order valence-electron chi connectivity index (χ3n) is 7.95. The van der Waals surface area contributed by atoms with Gasteiger partial charge in [-0.05, 0) is 69.3 Å². The summed E-state index contributed by atoms with van der Waals surface area (Å²) in [5, 5.41) is 10.1. The number of carboxylic acid groups (broad SMARTS) is 1. The van der Waals surface area contributed by atoms with E-state index in [0.29, 0.717) is 0 Å². The molecule has 188 valence electrons. The molecule has 0 bridgehead atoms. The van der Waals surface area contributed by atoms with Gasteiger partial charge in [0.25, 0.3) is 0 Å². The zero-order valence-corrected chi connectivity index (χ0v) is 21.9. The second-order valence-electron chi connectivity index (χ2n) is 11.2. The molecule has 1 amide bonds. The third kappa shape index (κ3) is 4.30. The average Bonchev–Trinajstić information content (AvgIpc) is 2.84. The number of amides is 1. The molecule has 5 heteroatoms. The van der Waals surface area contributed by atoms with E-state index >= 15 is 0 Å². The highest BCUT2D eigenvalue weighted by atomic mass is 16.4. The maximum absolute atomic E-state index is 12.3. The third-order valence-corrected chi connectivity index (χ3v) is 7.95. The van der Waals surface area contributed by atoms with E-state index in [1.54, 1.807) is 4.90 Å². The Morgan fingerprint density at radius 1 is 1.06 bits per heavy atom. The second kappa shape index (κ2) is 9.36. The second-order valence-corrected chi connectivity index (χ2v) is 11.2. The van der Waals surface area contributed by atoms with Crippen LogP contribution in [0.15, 0.2) is 60.7 Å². The van der Waals surface area contributed by atoms with Gasteiger partial charge in [0.2, 0.25) is 0 Å². The van der Waals surface area contributed by atoms with Crippen molar-refractivity contribution in [3.05, 3.63) is 77.5 Å². The van der Waals surface area contributed by atoms with Crippen LogP contribution >= 0.6 is 0 Å². The maximum atomic E-state index is 12.3. The molecule has 0 unspecified atom stereocenters. The van der Waals surface area contributed by atoms with Crippen LogP contribution in [0.5, 0.6) is 0 Å². The number of hydrogen-bond donors (Lipinski definition) is 1. The molecule has 2 heterocycles. The number of carbonyl (C=O) groups is 1. The van der Waals surface area contributed by atoms with E-state index in [1.807, 2.05) is 26.8 Å². The van der Waals surface area contributed by atoms with E-state index in [2.05, 4.69) is 66.4 Å². The minimum absolute atomic E-state index is 0.461. The van der Waals surface area contributed by atoms with Gasteiger partial charge in [-0.2, -0.15) is 0 Å². The molecule has 1 aromatic heterocycles. The van der Waals surface area contributed by atoms with Crippen LogP contribution in [0.25, 0.3) is 22.4 Å². The molecule has 1 N–H and O–H groups in total. The van der Waals surface area contributed by atoms with Gasteiger partial charge in [0, 0.05) is 41.9 Å². The Morgan fingerprint density at radius 2 is 1.75 bits per heavy atom. The van der Waals surface area contributed by atoms with E-state index in [4.69, 9.17) is 4.98 Å². The van der Waals surface area contributed by atoms with Crippen LogP contribution in [0.3, 0.4) is 0 Å². The summed E-state index contributed by atoms with van der Waals surface area (Å²) < 4.78 is 0. The average molecular weight is 484 g/mol. The number of likely N-dealkylation sites (N-methyl/N-ethyl adjacent to an activating group) is 1. The molecule has 0 saturated heterocycles. The Balaban J connectivity index is 1.57. The molecule has 5 rings (SSSR count). The fourth-order valence-corrected chi connectivity index (χ4v) is 6.06. The number of aromatic nitrogens is 1. The first-order chi connectivity index (χ1) is 17.2. The molecule has 1 aliphatic carbocycles. The molecule has 2 aromatic carbocycles. The molecular weight excluding hydrogens is 446 g/mol. The molecule has 0 spiro atoms. The predicted molar refractivity (Wildman–Crippen MR) is 145 cm³/mol. The van der Waals surface area contributed by atoms with Crippen LogP contribution in [0.1, 0.15) is 63.8 Å². The summed E-state index contributed by atoms with van der Waals surface area (Å²) in [5.74, 6) is 0. The highest BCUT2D eigenvalue weighted by molar-refractivity contribution is 5.81. The first kappa shape index (κ1) is 24.5. The summed E-state index contributed by atoms with van der Waals surface area (Å²) in [4.78, 5) is 21.7. The summed E-state index contributed by atoms with van der Waals surface area (Å²) in [5.41, 5.74) is 7.05. The van der Waals surface area contributed by atoms with Gasteiger partial charge in [-0.3, -0.25) is 14.8 Å². The fourth-order valence-electron chi connectivity index (χ4n) is 6.06. The van der Waals surface area contributed by atoms with Gasteiger partial charge in [-0.15, -0.1) is 0 Å². The molecule has 1 aliphatic heterocycles. The Kier molecular flexibility index (Phi) is 6.37. The van der Waals surface area contributed by atoms with E-state index in [9.17, 15) is 9.90 Å². The highest BCUT2D eigenvalue weighted by Gasteiger charge is 2.50. The molecule has 2 aliphatic rings. The van der Waals surface area contributed by atoms with Crippen LogP contribution in [0.2, 0.25) is 0 Å². The fraction of sp³-hybridized carbons (Fsp3) is 0.419. The molecule has 1 fully saturated rings. The monoisotopic (exact) mass is 483 g/mol. The van der Waals surface area contributed by atoms with Gasteiger partial charge in [-0.25, -0.2) is 4.79 Å². The molecule has 36 heavy (non-hydrogen) atoms. The molecule has 0 atom stereocenters. The first-order valence-electron chi connectivity index (χ1n) is 13.2. The van der Waals surface area contributed by atoms with Crippen molar-refractivity contribution >= 4 is 6.09 Å². The SMILES string of the molecule is CCN1CCc2nc(-c3ccc(C4(N(C(=O)O)C(C)(C)C)CCC4)cc3)c(-c3ccccc3)cc2C1. The lowest BCUT2D eigenvalue weighted by molar-refractivity contribution is -0.0328. The van der Waals surface area contributed by atoms with Crippen LogP contribution in [0, 0.1) is 0 Å². The van der Waals surface area contributed by atoms with Crippen molar-refractivity contribution in [1.29, 1.82) is 0 Å². The minimum atomic E-state index is -0.852. The zero-order chi connectivity index (χ0) is 25.5. The Morgan fingerprint density at radius 3 is 2.31 bits per heavy atom. The van der Waals surface area contributed by atoms with Crippen molar-refractivity contribution in [2.24, 2.45) is 0 Å². The zero-order valence-electron chi connectivity index (χ0n) is 21.9. The summed E-state index contributed by atoms with van der Waals surface area (Å²) in [6.45, 7) is 11.2. The number of rotatable bonds is 5. The van der Waals surface area contributed by atoms with Crippen LogP contribution < -0.4 is 0 Å². The van der Waals surface area contributed by atoms with Gasteiger partial charge >= 0.3 is 6.09 Å². The number of pyridine rings is 1. The van der Waals surface area contributed by atoms with Gasteiger partial charge in [0.1, 0.15) is 0 Å². The predicted octanol–water partition coefficient (Wildman–Crippen LogP) is 6.95. The topological polar surface area (TPSA) is 56.7 Å². The van der Waals surface area contributed by atoms with Gasteiger partial charge in [0.05, 0.1) is 11.2 Å². The Hall–Kier alpha value is -3.18. The summed E-state index contributed by atoms with van der Waals surface area (Å²) in [7, 11) is 0. The van der Waals surface area contributed by atoms with Gasteiger partial charge < -0.3 is 5.11 Å². The van der Waals surface area contributed by atoms with Crippen molar-refractivity contribution in [2.45, 2.75) is 71.0 Å².